The topological polar surface area (TPSA) is 116 Å². The van der Waals surface area contributed by atoms with Crippen LogP contribution in [0.3, 0.4) is 0 Å². The van der Waals surface area contributed by atoms with Crippen LogP contribution >= 0.6 is 11.6 Å². The number of ether oxygens (including phenoxy) is 1. The van der Waals surface area contributed by atoms with Crippen LogP contribution in [0, 0.1) is 0 Å². The molecule has 5 rings (SSSR count). The molecular weight excluding hydrogens is 456 g/mol. The molecule has 0 spiro atoms. The van der Waals surface area contributed by atoms with Gasteiger partial charge in [-0.3, -0.25) is 4.57 Å². The summed E-state index contributed by atoms with van der Waals surface area (Å²) in [6.07, 6.45) is 7.57. The minimum absolute atomic E-state index is 0.0278. The predicted octanol–water partition coefficient (Wildman–Crippen LogP) is 3.39. The van der Waals surface area contributed by atoms with Crippen LogP contribution < -0.4 is 10.1 Å². The fourth-order valence-electron chi connectivity index (χ4n) is 3.93. The van der Waals surface area contributed by atoms with E-state index in [2.05, 4.69) is 30.6 Å². The number of aliphatic hydroxyl groups is 1. The van der Waals surface area contributed by atoms with Gasteiger partial charge in [0.15, 0.2) is 17.3 Å². The molecule has 4 heterocycles. The van der Waals surface area contributed by atoms with Crippen LogP contribution in [0.5, 0.6) is 5.75 Å². The van der Waals surface area contributed by atoms with E-state index in [0.29, 0.717) is 41.9 Å². The maximum atomic E-state index is 9.23. The number of hydrogen-bond acceptors (Lipinski definition) is 8. The zero-order chi connectivity index (χ0) is 23.7. The fourth-order valence-corrected chi connectivity index (χ4v) is 4.21. The second kappa shape index (κ2) is 9.24. The molecule has 0 aliphatic carbocycles. The van der Waals surface area contributed by atoms with Crippen molar-refractivity contribution in [2.45, 2.75) is 26.4 Å². The molecule has 0 aliphatic heterocycles. The Morgan fingerprint density at radius 1 is 1.15 bits per heavy atom. The molecule has 174 valence electrons. The summed E-state index contributed by atoms with van der Waals surface area (Å²) in [5.41, 5.74) is 2.52. The van der Waals surface area contributed by atoms with E-state index in [4.69, 9.17) is 16.3 Å². The number of halogens is 1. The molecule has 11 heteroatoms. The number of hydrogen-bond donors (Lipinski definition) is 2. The molecule has 0 radical (unpaired) electrons. The van der Waals surface area contributed by atoms with Gasteiger partial charge in [0, 0.05) is 49.3 Å². The Morgan fingerprint density at radius 3 is 2.79 bits per heavy atom. The van der Waals surface area contributed by atoms with Crippen molar-refractivity contribution in [3.63, 3.8) is 0 Å². The van der Waals surface area contributed by atoms with E-state index in [9.17, 15) is 5.11 Å². The monoisotopic (exact) mass is 478 g/mol. The van der Waals surface area contributed by atoms with Crippen LogP contribution in [-0.2, 0) is 19.5 Å². The van der Waals surface area contributed by atoms with Crippen LogP contribution in [-0.4, -0.2) is 53.3 Å². The normalized spacial score (nSPS) is 11.4. The third-order valence-electron chi connectivity index (χ3n) is 5.61. The van der Waals surface area contributed by atoms with Gasteiger partial charge >= 0.3 is 0 Å². The van der Waals surface area contributed by atoms with E-state index < -0.39 is 0 Å². The molecule has 4 aromatic heterocycles. The van der Waals surface area contributed by atoms with Crippen LogP contribution in [0.2, 0.25) is 5.02 Å². The molecule has 0 saturated heterocycles. The van der Waals surface area contributed by atoms with Crippen molar-refractivity contribution >= 4 is 39.2 Å². The average Bonchev–Trinajstić information content (AvgIpc) is 3.49. The number of nitrogens with zero attached hydrogens (tertiary/aromatic N) is 7. The van der Waals surface area contributed by atoms with Crippen molar-refractivity contribution in [3.05, 3.63) is 59.4 Å². The smallest absolute Gasteiger partial charge is 0.170 e. The van der Waals surface area contributed by atoms with E-state index in [0.717, 1.165) is 33.1 Å². The standard InChI is InChI=1S/C23H23ClN8O2/c1-3-32-22-17(11-28-32)20-16(10-26-22)23(31-12-15(6-7-33)27-13-31)30-29-21(20)25-9-14-4-5-19(34-2)18(24)8-14/h4-5,8,10-13,33H,3,6-7,9H2,1-2H3,(H,25,29). The first-order valence-corrected chi connectivity index (χ1v) is 11.2. The first kappa shape index (κ1) is 22.1. The summed E-state index contributed by atoms with van der Waals surface area (Å²) in [7, 11) is 1.59. The van der Waals surface area contributed by atoms with Crippen LogP contribution in [0.15, 0.2) is 43.1 Å². The zero-order valence-electron chi connectivity index (χ0n) is 18.7. The number of anilines is 1. The van der Waals surface area contributed by atoms with Gasteiger partial charge in [-0.25, -0.2) is 14.6 Å². The number of nitrogens with one attached hydrogen (secondary N) is 1. The van der Waals surface area contributed by atoms with Crippen molar-refractivity contribution in [1.82, 2.24) is 34.5 Å². The lowest BCUT2D eigenvalue weighted by atomic mass is 10.1. The highest BCUT2D eigenvalue weighted by Crippen LogP contribution is 2.32. The average molecular weight is 479 g/mol. The van der Waals surface area contributed by atoms with E-state index in [1.165, 1.54) is 0 Å². The van der Waals surface area contributed by atoms with Crippen LogP contribution in [0.1, 0.15) is 18.2 Å². The van der Waals surface area contributed by atoms with E-state index >= 15 is 0 Å². The lowest BCUT2D eigenvalue weighted by Crippen LogP contribution is -2.07. The van der Waals surface area contributed by atoms with Gasteiger partial charge in [-0.2, -0.15) is 5.10 Å². The summed E-state index contributed by atoms with van der Waals surface area (Å²) in [5.74, 6) is 1.84. The zero-order valence-corrected chi connectivity index (χ0v) is 19.5. The SMILES string of the molecule is CCn1ncc2c3c(NCc4ccc(OC)c(Cl)c4)nnc(-n4cnc(CCO)c4)c3cnc21. The number of aryl methyl sites for hydroxylation is 1. The second-order valence-corrected chi connectivity index (χ2v) is 8.09. The van der Waals surface area contributed by atoms with Crippen molar-refractivity contribution in [1.29, 1.82) is 0 Å². The van der Waals surface area contributed by atoms with Crippen LogP contribution in [0.25, 0.3) is 27.6 Å². The van der Waals surface area contributed by atoms with Crippen molar-refractivity contribution in [2.75, 3.05) is 19.0 Å². The number of methoxy groups -OCH3 is 1. The third-order valence-corrected chi connectivity index (χ3v) is 5.91. The van der Waals surface area contributed by atoms with Gasteiger partial charge in [0.1, 0.15) is 12.1 Å². The number of aromatic nitrogens is 7. The van der Waals surface area contributed by atoms with Crippen molar-refractivity contribution in [2.24, 2.45) is 0 Å². The first-order chi connectivity index (χ1) is 16.6. The van der Waals surface area contributed by atoms with Crippen molar-refractivity contribution < 1.29 is 9.84 Å². The molecule has 2 N–H and O–H groups in total. The molecule has 0 atom stereocenters. The van der Waals surface area contributed by atoms with Gasteiger partial charge in [-0.1, -0.05) is 17.7 Å². The molecule has 0 bridgehead atoms. The highest BCUT2D eigenvalue weighted by Gasteiger charge is 2.18. The van der Waals surface area contributed by atoms with E-state index in [-0.39, 0.29) is 6.61 Å². The molecule has 0 saturated carbocycles. The molecule has 5 aromatic rings. The van der Waals surface area contributed by atoms with E-state index in [1.807, 2.05) is 36.0 Å². The Balaban J connectivity index is 1.61. The molecule has 0 unspecified atom stereocenters. The maximum absolute atomic E-state index is 9.23. The summed E-state index contributed by atoms with van der Waals surface area (Å²) >= 11 is 6.29. The molecule has 34 heavy (non-hydrogen) atoms. The second-order valence-electron chi connectivity index (χ2n) is 7.69. The fraction of sp³-hybridized carbons (Fsp3) is 0.261. The molecular formula is C23H23ClN8O2. The highest BCUT2D eigenvalue weighted by molar-refractivity contribution is 6.32. The highest BCUT2D eigenvalue weighted by atomic mass is 35.5. The van der Waals surface area contributed by atoms with Gasteiger partial charge in [0.2, 0.25) is 0 Å². The number of imidazole rings is 1. The minimum atomic E-state index is 0.0278. The van der Waals surface area contributed by atoms with Gasteiger partial charge in [-0.05, 0) is 24.6 Å². The largest absolute Gasteiger partial charge is 0.495 e. The lowest BCUT2D eigenvalue weighted by Gasteiger charge is -2.13. The molecule has 0 aliphatic rings. The summed E-state index contributed by atoms with van der Waals surface area (Å²) in [6.45, 7) is 3.24. The quantitative estimate of drug-likeness (QED) is 0.348. The predicted molar refractivity (Wildman–Crippen MR) is 130 cm³/mol. The lowest BCUT2D eigenvalue weighted by molar-refractivity contribution is 0.298. The number of fused-ring (bicyclic) bond motifs is 3. The summed E-state index contributed by atoms with van der Waals surface area (Å²) in [6, 6.07) is 5.64. The van der Waals surface area contributed by atoms with Gasteiger partial charge in [0.25, 0.3) is 0 Å². The Bertz CT molecular complexity index is 1480. The van der Waals surface area contributed by atoms with Gasteiger partial charge < -0.3 is 15.2 Å². The molecule has 10 nitrogen and oxygen atoms in total. The Kier molecular flexibility index (Phi) is 5.99. The van der Waals surface area contributed by atoms with Gasteiger partial charge in [0.05, 0.1) is 29.4 Å². The third kappa shape index (κ3) is 3.91. The number of benzene rings is 1. The summed E-state index contributed by atoms with van der Waals surface area (Å²) < 4.78 is 8.88. The molecule has 1 aromatic carbocycles. The Labute approximate surface area is 200 Å². The Morgan fingerprint density at radius 2 is 2.03 bits per heavy atom. The molecule has 0 fully saturated rings. The Hall–Kier alpha value is -3.76. The number of rotatable bonds is 8. The number of pyridine rings is 1. The molecule has 0 amide bonds. The van der Waals surface area contributed by atoms with Crippen molar-refractivity contribution in [3.8, 4) is 11.6 Å². The first-order valence-electron chi connectivity index (χ1n) is 10.8. The van der Waals surface area contributed by atoms with Gasteiger partial charge in [-0.15, -0.1) is 10.2 Å². The van der Waals surface area contributed by atoms with E-state index in [1.54, 1.807) is 30.4 Å². The number of aliphatic hydroxyl groups excluding tert-OH is 1. The maximum Gasteiger partial charge on any atom is 0.170 e. The minimum Gasteiger partial charge on any atom is -0.495 e. The van der Waals surface area contributed by atoms with Crippen LogP contribution in [0.4, 0.5) is 5.82 Å². The summed E-state index contributed by atoms with van der Waals surface area (Å²) in [5, 5.41) is 29.2. The summed E-state index contributed by atoms with van der Waals surface area (Å²) in [4.78, 5) is 9.01.